The minimum absolute atomic E-state index is 0.173. The van der Waals surface area contributed by atoms with Crippen LogP contribution in [0.1, 0.15) is 18.9 Å². The van der Waals surface area contributed by atoms with Crippen LogP contribution in [0.15, 0.2) is 24.3 Å². The molecule has 0 saturated carbocycles. The van der Waals surface area contributed by atoms with Gasteiger partial charge in [-0.05, 0) is 51.1 Å². The Hall–Kier alpha value is -0.930. The molecule has 1 aromatic rings. The van der Waals surface area contributed by atoms with E-state index < -0.39 is 0 Å². The molecule has 0 heterocycles. The SMILES string of the molecule is CC(CCN)N(C)CCc1ccc(F)cc1. The monoisotopic (exact) mass is 224 g/mol. The summed E-state index contributed by atoms with van der Waals surface area (Å²) < 4.78 is 12.7. The Morgan fingerprint density at radius 1 is 1.31 bits per heavy atom. The summed E-state index contributed by atoms with van der Waals surface area (Å²) in [5, 5.41) is 0. The van der Waals surface area contributed by atoms with E-state index in [0.717, 1.165) is 25.9 Å². The lowest BCUT2D eigenvalue weighted by Gasteiger charge is -2.24. The molecule has 3 heteroatoms. The molecule has 0 saturated heterocycles. The molecule has 1 atom stereocenters. The predicted octanol–water partition coefficient (Wildman–Crippen LogP) is 2.04. The van der Waals surface area contributed by atoms with Crippen LogP contribution in [0.5, 0.6) is 0 Å². The predicted molar refractivity (Wildman–Crippen MR) is 65.9 cm³/mol. The van der Waals surface area contributed by atoms with E-state index in [9.17, 15) is 4.39 Å². The number of rotatable bonds is 6. The fourth-order valence-electron chi connectivity index (χ4n) is 1.64. The molecule has 1 aromatic carbocycles. The van der Waals surface area contributed by atoms with Crippen molar-refractivity contribution in [3.05, 3.63) is 35.6 Å². The van der Waals surface area contributed by atoms with E-state index in [0.29, 0.717) is 6.04 Å². The van der Waals surface area contributed by atoms with Crippen molar-refractivity contribution < 1.29 is 4.39 Å². The van der Waals surface area contributed by atoms with Gasteiger partial charge in [0.2, 0.25) is 0 Å². The van der Waals surface area contributed by atoms with Crippen molar-refractivity contribution in [3.8, 4) is 0 Å². The number of nitrogens with zero attached hydrogens (tertiary/aromatic N) is 1. The van der Waals surface area contributed by atoms with Gasteiger partial charge in [0.15, 0.2) is 0 Å². The van der Waals surface area contributed by atoms with E-state index in [1.165, 1.54) is 17.7 Å². The first kappa shape index (κ1) is 13.1. The van der Waals surface area contributed by atoms with Gasteiger partial charge < -0.3 is 10.6 Å². The minimum Gasteiger partial charge on any atom is -0.330 e. The molecule has 2 nitrogen and oxygen atoms in total. The zero-order valence-electron chi connectivity index (χ0n) is 10.1. The second-order valence-electron chi connectivity index (χ2n) is 4.28. The van der Waals surface area contributed by atoms with Crippen LogP contribution in [0.3, 0.4) is 0 Å². The van der Waals surface area contributed by atoms with Crippen LogP contribution in [0, 0.1) is 5.82 Å². The smallest absolute Gasteiger partial charge is 0.123 e. The largest absolute Gasteiger partial charge is 0.330 e. The summed E-state index contributed by atoms with van der Waals surface area (Å²) in [5.41, 5.74) is 6.70. The lowest BCUT2D eigenvalue weighted by molar-refractivity contribution is 0.251. The average molecular weight is 224 g/mol. The molecule has 90 valence electrons. The Kier molecular flexibility index (Phi) is 5.43. The van der Waals surface area contributed by atoms with Gasteiger partial charge in [-0.2, -0.15) is 0 Å². The molecule has 0 amide bonds. The Morgan fingerprint density at radius 2 is 1.94 bits per heavy atom. The number of halogens is 1. The lowest BCUT2D eigenvalue weighted by atomic mass is 10.1. The maximum Gasteiger partial charge on any atom is 0.123 e. The topological polar surface area (TPSA) is 29.3 Å². The van der Waals surface area contributed by atoms with Gasteiger partial charge in [0.25, 0.3) is 0 Å². The molecule has 0 aliphatic carbocycles. The van der Waals surface area contributed by atoms with Gasteiger partial charge in [-0.15, -0.1) is 0 Å². The summed E-state index contributed by atoms with van der Waals surface area (Å²) in [6, 6.07) is 7.22. The first-order valence-corrected chi connectivity index (χ1v) is 5.78. The molecule has 0 aliphatic heterocycles. The highest BCUT2D eigenvalue weighted by Crippen LogP contribution is 2.06. The van der Waals surface area contributed by atoms with E-state index in [1.807, 2.05) is 12.1 Å². The van der Waals surface area contributed by atoms with Crippen LogP contribution >= 0.6 is 0 Å². The van der Waals surface area contributed by atoms with Crippen LogP contribution in [0.25, 0.3) is 0 Å². The molecular formula is C13H21FN2. The molecule has 1 rings (SSSR count). The van der Waals surface area contributed by atoms with Crippen LogP contribution in [0.2, 0.25) is 0 Å². The van der Waals surface area contributed by atoms with Crippen molar-refractivity contribution in [3.63, 3.8) is 0 Å². The Morgan fingerprint density at radius 3 is 2.50 bits per heavy atom. The van der Waals surface area contributed by atoms with Crippen LogP contribution in [-0.2, 0) is 6.42 Å². The zero-order valence-corrected chi connectivity index (χ0v) is 10.1. The molecule has 0 aliphatic rings. The second kappa shape index (κ2) is 6.61. The van der Waals surface area contributed by atoms with E-state index in [4.69, 9.17) is 5.73 Å². The van der Waals surface area contributed by atoms with Gasteiger partial charge in [-0.3, -0.25) is 0 Å². The summed E-state index contributed by atoms with van der Waals surface area (Å²) in [5.74, 6) is -0.173. The molecule has 16 heavy (non-hydrogen) atoms. The van der Waals surface area contributed by atoms with E-state index in [1.54, 1.807) is 0 Å². The van der Waals surface area contributed by atoms with Crippen molar-refractivity contribution in [2.75, 3.05) is 20.1 Å². The number of nitrogens with two attached hydrogens (primary N) is 1. The minimum atomic E-state index is -0.173. The maximum atomic E-state index is 12.7. The summed E-state index contributed by atoms with van der Waals surface area (Å²) in [7, 11) is 2.10. The van der Waals surface area contributed by atoms with E-state index >= 15 is 0 Å². The third-order valence-electron chi connectivity index (χ3n) is 3.00. The van der Waals surface area contributed by atoms with Gasteiger partial charge in [0, 0.05) is 12.6 Å². The van der Waals surface area contributed by atoms with Crippen LogP contribution in [0.4, 0.5) is 4.39 Å². The molecule has 1 unspecified atom stereocenters. The summed E-state index contributed by atoms with van der Waals surface area (Å²) in [4.78, 5) is 2.29. The lowest BCUT2D eigenvalue weighted by Crippen LogP contribution is -2.32. The van der Waals surface area contributed by atoms with Gasteiger partial charge in [0.05, 0.1) is 0 Å². The van der Waals surface area contributed by atoms with E-state index in [2.05, 4.69) is 18.9 Å². The van der Waals surface area contributed by atoms with Gasteiger partial charge in [-0.25, -0.2) is 4.39 Å². The van der Waals surface area contributed by atoms with Crippen molar-refractivity contribution >= 4 is 0 Å². The highest BCUT2D eigenvalue weighted by molar-refractivity contribution is 5.16. The third kappa shape index (κ3) is 4.29. The van der Waals surface area contributed by atoms with Crippen molar-refractivity contribution in [1.82, 2.24) is 4.90 Å². The molecule has 0 spiro atoms. The van der Waals surface area contributed by atoms with Crippen molar-refractivity contribution in [2.24, 2.45) is 5.73 Å². The Labute approximate surface area is 97.3 Å². The quantitative estimate of drug-likeness (QED) is 0.801. The zero-order chi connectivity index (χ0) is 12.0. The number of likely N-dealkylation sites (N-methyl/N-ethyl adjacent to an activating group) is 1. The van der Waals surface area contributed by atoms with Crippen LogP contribution in [-0.4, -0.2) is 31.1 Å². The standard InChI is InChI=1S/C13H21FN2/c1-11(7-9-15)16(2)10-8-12-3-5-13(14)6-4-12/h3-6,11H,7-10,15H2,1-2H3. The molecule has 0 aromatic heterocycles. The molecule has 0 bridgehead atoms. The number of hydrogen-bond donors (Lipinski definition) is 1. The highest BCUT2D eigenvalue weighted by atomic mass is 19.1. The first-order chi connectivity index (χ1) is 7.63. The second-order valence-corrected chi connectivity index (χ2v) is 4.28. The van der Waals surface area contributed by atoms with Crippen molar-refractivity contribution in [2.45, 2.75) is 25.8 Å². The molecular weight excluding hydrogens is 203 g/mol. The summed E-state index contributed by atoms with van der Waals surface area (Å²) in [6.07, 6.45) is 1.96. The first-order valence-electron chi connectivity index (χ1n) is 5.78. The van der Waals surface area contributed by atoms with Gasteiger partial charge in [0.1, 0.15) is 5.82 Å². The van der Waals surface area contributed by atoms with Crippen molar-refractivity contribution in [1.29, 1.82) is 0 Å². The molecule has 2 N–H and O–H groups in total. The number of benzene rings is 1. The highest BCUT2D eigenvalue weighted by Gasteiger charge is 2.07. The Balaban J connectivity index is 2.36. The fraction of sp³-hybridized carbons (Fsp3) is 0.538. The maximum absolute atomic E-state index is 12.7. The Bertz CT molecular complexity index is 297. The summed E-state index contributed by atoms with van der Waals surface area (Å²) >= 11 is 0. The third-order valence-corrected chi connectivity index (χ3v) is 3.00. The van der Waals surface area contributed by atoms with Gasteiger partial charge in [-0.1, -0.05) is 12.1 Å². The number of hydrogen-bond acceptors (Lipinski definition) is 2. The van der Waals surface area contributed by atoms with Gasteiger partial charge >= 0.3 is 0 Å². The average Bonchev–Trinajstić information content (AvgIpc) is 2.28. The van der Waals surface area contributed by atoms with E-state index in [-0.39, 0.29) is 5.82 Å². The fourth-order valence-corrected chi connectivity index (χ4v) is 1.64. The molecule has 0 fully saturated rings. The molecule has 0 radical (unpaired) electrons. The summed E-state index contributed by atoms with van der Waals surface area (Å²) in [6.45, 7) is 3.88. The normalized spacial score (nSPS) is 13.1. The van der Waals surface area contributed by atoms with Crippen LogP contribution < -0.4 is 5.73 Å².